The predicted molar refractivity (Wildman–Crippen MR) is 43.1 cm³/mol. The molecule has 0 atom stereocenters. The van der Waals surface area contributed by atoms with E-state index in [1.807, 2.05) is 0 Å². The minimum atomic E-state index is -4.58. The number of rotatable bonds is 0. The Balaban J connectivity index is 3.32. The smallest absolute Gasteiger partial charge is 0.417 e. The molecule has 0 bridgehead atoms. The third kappa shape index (κ3) is 2.19. The lowest BCUT2D eigenvalue weighted by Crippen LogP contribution is -2.05. The summed E-state index contributed by atoms with van der Waals surface area (Å²) in [5.41, 5.74) is -1.10. The van der Waals surface area contributed by atoms with Crippen molar-refractivity contribution < 1.29 is 18.3 Å². The number of hydrogen-bond donors (Lipinski definition) is 1. The molecule has 0 unspecified atom stereocenters. The van der Waals surface area contributed by atoms with Gasteiger partial charge in [-0.1, -0.05) is 23.2 Å². The average Bonchev–Trinajstić information content (AvgIpc) is 1.94. The quantitative estimate of drug-likeness (QED) is 0.721. The van der Waals surface area contributed by atoms with Gasteiger partial charge in [0.2, 0.25) is 0 Å². The van der Waals surface area contributed by atoms with Crippen LogP contribution >= 0.6 is 23.2 Å². The monoisotopic (exact) mass is 230 g/mol. The molecule has 0 heterocycles. The molecular formula is C7H3Cl2F3O. The normalized spacial score (nSPS) is 11.8. The summed E-state index contributed by atoms with van der Waals surface area (Å²) in [5.74, 6) is -0.640. The van der Waals surface area contributed by atoms with Crippen LogP contribution in [0.25, 0.3) is 0 Å². The molecule has 0 aliphatic rings. The molecular weight excluding hydrogens is 228 g/mol. The minimum Gasteiger partial charge on any atom is -0.506 e. The van der Waals surface area contributed by atoms with Gasteiger partial charge in [0, 0.05) is 0 Å². The van der Waals surface area contributed by atoms with E-state index in [-0.39, 0.29) is 5.02 Å². The van der Waals surface area contributed by atoms with E-state index in [0.717, 1.165) is 6.07 Å². The molecule has 0 saturated heterocycles. The van der Waals surface area contributed by atoms with Crippen LogP contribution in [0, 0.1) is 0 Å². The highest BCUT2D eigenvalue weighted by Gasteiger charge is 2.34. The van der Waals surface area contributed by atoms with Crippen LogP contribution in [0.1, 0.15) is 5.56 Å². The molecule has 0 aromatic heterocycles. The molecule has 1 aromatic rings. The van der Waals surface area contributed by atoms with Crippen molar-refractivity contribution in [3.05, 3.63) is 27.7 Å². The van der Waals surface area contributed by atoms with Crippen molar-refractivity contribution in [2.75, 3.05) is 0 Å². The Kier molecular flexibility index (Phi) is 2.63. The highest BCUT2D eigenvalue weighted by Crippen LogP contribution is 2.39. The van der Waals surface area contributed by atoms with E-state index in [1.54, 1.807) is 0 Å². The minimum absolute atomic E-state index is 0.210. The van der Waals surface area contributed by atoms with Crippen LogP contribution in [0.3, 0.4) is 0 Å². The largest absolute Gasteiger partial charge is 0.506 e. The van der Waals surface area contributed by atoms with Gasteiger partial charge >= 0.3 is 6.18 Å². The Morgan fingerprint density at radius 1 is 1.08 bits per heavy atom. The summed E-state index contributed by atoms with van der Waals surface area (Å²) in [6, 6.07) is 1.34. The fourth-order valence-corrected chi connectivity index (χ4v) is 1.25. The van der Waals surface area contributed by atoms with Gasteiger partial charge in [-0.25, -0.2) is 0 Å². The standard InChI is InChI=1S/C7H3Cl2F3O/c8-4-2-5(9)6(13)1-3(4)7(10,11)12/h1-2,13H. The van der Waals surface area contributed by atoms with Gasteiger partial charge in [-0.3, -0.25) is 0 Å². The van der Waals surface area contributed by atoms with Gasteiger partial charge in [0.25, 0.3) is 0 Å². The van der Waals surface area contributed by atoms with E-state index >= 15 is 0 Å². The molecule has 0 amide bonds. The maximum Gasteiger partial charge on any atom is 0.417 e. The van der Waals surface area contributed by atoms with Gasteiger partial charge in [0.15, 0.2) is 0 Å². The van der Waals surface area contributed by atoms with E-state index < -0.39 is 22.5 Å². The van der Waals surface area contributed by atoms with Crippen LogP contribution in [0.4, 0.5) is 13.2 Å². The maximum atomic E-state index is 12.1. The summed E-state index contributed by atoms with van der Waals surface area (Å²) >= 11 is 10.6. The third-order valence-corrected chi connectivity index (χ3v) is 1.96. The van der Waals surface area contributed by atoms with Crippen molar-refractivity contribution in [2.45, 2.75) is 6.18 Å². The molecule has 1 N–H and O–H groups in total. The molecule has 13 heavy (non-hydrogen) atoms. The van der Waals surface area contributed by atoms with Crippen LogP contribution < -0.4 is 0 Å². The Hall–Kier alpha value is -0.610. The number of alkyl halides is 3. The summed E-state index contributed by atoms with van der Waals surface area (Å²) in [5, 5.41) is 8.15. The van der Waals surface area contributed by atoms with Crippen LogP contribution in [0.15, 0.2) is 12.1 Å². The first-order chi connectivity index (χ1) is 5.82. The zero-order chi connectivity index (χ0) is 10.2. The molecule has 1 rings (SSSR count). The third-order valence-electron chi connectivity index (χ3n) is 1.34. The number of hydrogen-bond acceptors (Lipinski definition) is 1. The number of benzene rings is 1. The van der Waals surface area contributed by atoms with Crippen molar-refractivity contribution in [3.63, 3.8) is 0 Å². The molecule has 0 fully saturated rings. The topological polar surface area (TPSA) is 20.2 Å². The second kappa shape index (κ2) is 3.27. The van der Waals surface area contributed by atoms with Crippen molar-refractivity contribution >= 4 is 23.2 Å². The molecule has 6 heteroatoms. The molecule has 72 valence electrons. The SMILES string of the molecule is Oc1cc(C(F)(F)F)c(Cl)cc1Cl. The molecule has 0 aliphatic heterocycles. The zero-order valence-electron chi connectivity index (χ0n) is 5.99. The average molecular weight is 231 g/mol. The highest BCUT2D eigenvalue weighted by atomic mass is 35.5. The zero-order valence-corrected chi connectivity index (χ0v) is 7.50. The molecule has 0 spiro atoms. The summed E-state index contributed by atoms with van der Waals surface area (Å²) in [6.45, 7) is 0. The van der Waals surface area contributed by atoms with E-state index in [0.29, 0.717) is 6.07 Å². The van der Waals surface area contributed by atoms with Crippen LogP contribution in [0.5, 0.6) is 5.75 Å². The lowest BCUT2D eigenvalue weighted by molar-refractivity contribution is -0.137. The van der Waals surface area contributed by atoms with Crippen molar-refractivity contribution in [1.82, 2.24) is 0 Å². The molecule has 0 saturated carbocycles. The predicted octanol–water partition coefficient (Wildman–Crippen LogP) is 3.72. The molecule has 0 radical (unpaired) electrons. The molecule has 0 aliphatic carbocycles. The van der Waals surface area contributed by atoms with Gasteiger partial charge in [-0.05, 0) is 12.1 Å². The van der Waals surface area contributed by atoms with E-state index in [1.165, 1.54) is 0 Å². The van der Waals surface area contributed by atoms with E-state index in [9.17, 15) is 13.2 Å². The lowest BCUT2D eigenvalue weighted by Gasteiger charge is -2.09. The van der Waals surface area contributed by atoms with Gasteiger partial charge in [-0.15, -0.1) is 0 Å². The number of phenols is 1. The number of phenolic OH excluding ortho intramolecular Hbond substituents is 1. The summed E-state index contributed by atoms with van der Waals surface area (Å²) in [4.78, 5) is 0. The second-order valence-corrected chi connectivity index (χ2v) is 3.10. The number of halogens is 5. The van der Waals surface area contributed by atoms with Crippen molar-refractivity contribution in [2.24, 2.45) is 0 Å². The lowest BCUT2D eigenvalue weighted by atomic mass is 10.2. The first-order valence-corrected chi connectivity index (χ1v) is 3.83. The first-order valence-electron chi connectivity index (χ1n) is 3.07. The van der Waals surface area contributed by atoms with Crippen LogP contribution in [0.2, 0.25) is 10.0 Å². The fourth-order valence-electron chi connectivity index (χ4n) is 0.755. The van der Waals surface area contributed by atoms with Gasteiger partial charge in [-0.2, -0.15) is 13.2 Å². The summed E-state index contributed by atoms with van der Waals surface area (Å²) in [6.07, 6.45) is -4.58. The van der Waals surface area contributed by atoms with E-state index in [4.69, 9.17) is 28.3 Å². The van der Waals surface area contributed by atoms with Crippen LogP contribution in [-0.4, -0.2) is 5.11 Å². The number of aromatic hydroxyl groups is 1. The second-order valence-electron chi connectivity index (χ2n) is 2.28. The first kappa shape index (κ1) is 10.5. The van der Waals surface area contributed by atoms with Gasteiger partial charge in [0.1, 0.15) is 5.75 Å². The van der Waals surface area contributed by atoms with Gasteiger partial charge < -0.3 is 5.11 Å². The Bertz CT molecular complexity index is 335. The Morgan fingerprint density at radius 2 is 1.62 bits per heavy atom. The van der Waals surface area contributed by atoms with Crippen molar-refractivity contribution in [3.8, 4) is 5.75 Å². The summed E-state index contributed by atoms with van der Waals surface area (Å²) < 4.78 is 36.4. The molecule has 1 aromatic carbocycles. The van der Waals surface area contributed by atoms with E-state index in [2.05, 4.69) is 0 Å². The Morgan fingerprint density at radius 3 is 2.08 bits per heavy atom. The van der Waals surface area contributed by atoms with Crippen molar-refractivity contribution in [1.29, 1.82) is 0 Å². The van der Waals surface area contributed by atoms with Crippen LogP contribution in [-0.2, 0) is 6.18 Å². The highest BCUT2D eigenvalue weighted by molar-refractivity contribution is 6.36. The Labute approximate surface area is 81.7 Å². The molecule has 1 nitrogen and oxygen atoms in total. The van der Waals surface area contributed by atoms with Gasteiger partial charge in [0.05, 0.1) is 15.6 Å². The maximum absolute atomic E-state index is 12.1. The summed E-state index contributed by atoms with van der Waals surface area (Å²) in [7, 11) is 0. The fraction of sp³-hybridized carbons (Fsp3) is 0.143.